The minimum Gasteiger partial charge on any atom is -0.380 e. The first-order valence-corrected chi connectivity index (χ1v) is 7.23. The molecule has 0 radical (unpaired) electrons. The van der Waals surface area contributed by atoms with Crippen molar-refractivity contribution in [1.29, 1.82) is 0 Å². The van der Waals surface area contributed by atoms with Crippen molar-refractivity contribution in [3.63, 3.8) is 0 Å². The van der Waals surface area contributed by atoms with Crippen molar-refractivity contribution >= 4 is 17.1 Å². The van der Waals surface area contributed by atoms with E-state index in [1.807, 2.05) is 18.2 Å². The predicted octanol–water partition coefficient (Wildman–Crippen LogP) is 1.03. The molecule has 2 aromatic rings. The van der Waals surface area contributed by atoms with E-state index in [-0.39, 0.29) is 17.1 Å². The number of imidazole rings is 1. The highest BCUT2D eigenvalue weighted by molar-refractivity contribution is 5.76. The largest absolute Gasteiger partial charge is 0.380 e. The summed E-state index contributed by atoms with van der Waals surface area (Å²) in [6.07, 6.45) is 0. The monoisotopic (exact) mass is 304 g/mol. The summed E-state index contributed by atoms with van der Waals surface area (Å²) in [5.41, 5.74) is 2.27. The zero-order valence-corrected chi connectivity index (χ0v) is 12.7. The van der Waals surface area contributed by atoms with Crippen LogP contribution >= 0.6 is 0 Å². The van der Waals surface area contributed by atoms with Crippen LogP contribution in [0.3, 0.4) is 0 Å². The molecule has 1 aromatic heterocycles. The van der Waals surface area contributed by atoms with E-state index < -0.39 is 0 Å². The lowest BCUT2D eigenvalue weighted by Gasteiger charge is -2.40. The van der Waals surface area contributed by atoms with Gasteiger partial charge >= 0.3 is 11.7 Å². The van der Waals surface area contributed by atoms with Gasteiger partial charge < -0.3 is 24.9 Å². The zero-order valence-electron chi connectivity index (χ0n) is 12.7. The number of fused-ring (bicyclic) bond motifs is 1. The van der Waals surface area contributed by atoms with Crippen LogP contribution in [0.15, 0.2) is 23.0 Å². The van der Waals surface area contributed by atoms with Crippen LogP contribution in [0.5, 0.6) is 0 Å². The van der Waals surface area contributed by atoms with E-state index in [1.54, 1.807) is 11.9 Å². The van der Waals surface area contributed by atoms with Gasteiger partial charge in [0.1, 0.15) is 0 Å². The fourth-order valence-electron chi connectivity index (χ4n) is 2.69. The van der Waals surface area contributed by atoms with Crippen LogP contribution in [0.1, 0.15) is 12.5 Å². The summed E-state index contributed by atoms with van der Waals surface area (Å²) in [4.78, 5) is 30.4. The predicted molar refractivity (Wildman–Crippen MR) is 82.7 cm³/mol. The van der Waals surface area contributed by atoms with E-state index in [2.05, 4.69) is 22.2 Å². The maximum atomic E-state index is 12.1. The summed E-state index contributed by atoms with van der Waals surface area (Å²) < 4.78 is 5.20. The summed E-state index contributed by atoms with van der Waals surface area (Å²) in [7, 11) is 1.78. The van der Waals surface area contributed by atoms with Gasteiger partial charge in [-0.2, -0.15) is 0 Å². The van der Waals surface area contributed by atoms with E-state index in [0.29, 0.717) is 26.3 Å². The molecule has 1 aliphatic rings. The van der Waals surface area contributed by atoms with E-state index in [4.69, 9.17) is 4.74 Å². The van der Waals surface area contributed by atoms with Crippen molar-refractivity contribution in [3.8, 4) is 0 Å². The van der Waals surface area contributed by atoms with E-state index in [1.165, 1.54) is 0 Å². The van der Waals surface area contributed by atoms with Gasteiger partial charge in [-0.15, -0.1) is 0 Å². The van der Waals surface area contributed by atoms with Gasteiger partial charge in [-0.05, 0) is 17.7 Å². The standard InChI is InChI=1S/C15H20N4O3/c1-15(8-22-9-15)7-19(2)14(21)16-6-10-3-4-11-12(5-10)18-13(20)17-11/h3-5H,6-9H2,1-2H3,(H,16,21)(H2,17,18,20). The van der Waals surface area contributed by atoms with E-state index in [0.717, 1.165) is 16.6 Å². The molecule has 1 aliphatic heterocycles. The average molecular weight is 304 g/mol. The van der Waals surface area contributed by atoms with E-state index in [9.17, 15) is 9.59 Å². The Kier molecular flexibility index (Phi) is 3.66. The van der Waals surface area contributed by atoms with E-state index >= 15 is 0 Å². The minimum absolute atomic E-state index is 0.0651. The Bertz CT molecular complexity index is 745. The van der Waals surface area contributed by atoms with Gasteiger partial charge in [-0.3, -0.25) is 0 Å². The first-order chi connectivity index (χ1) is 10.5. The third-order valence-corrected chi connectivity index (χ3v) is 3.89. The van der Waals surface area contributed by atoms with Crippen molar-refractivity contribution in [2.45, 2.75) is 13.5 Å². The van der Waals surface area contributed by atoms with Crippen molar-refractivity contribution in [3.05, 3.63) is 34.2 Å². The van der Waals surface area contributed by atoms with Crippen molar-refractivity contribution in [1.82, 2.24) is 20.2 Å². The number of carbonyl (C=O) groups excluding carboxylic acids is 1. The first kappa shape index (κ1) is 14.6. The number of hydrogen-bond donors (Lipinski definition) is 3. The quantitative estimate of drug-likeness (QED) is 0.788. The van der Waals surface area contributed by atoms with Gasteiger partial charge in [-0.1, -0.05) is 13.0 Å². The molecule has 3 rings (SSSR count). The molecule has 1 saturated heterocycles. The van der Waals surface area contributed by atoms with Crippen molar-refractivity contribution in [2.24, 2.45) is 5.41 Å². The maximum Gasteiger partial charge on any atom is 0.323 e. The van der Waals surface area contributed by atoms with Crippen LogP contribution in [0.2, 0.25) is 0 Å². The second kappa shape index (κ2) is 5.49. The number of carbonyl (C=O) groups is 1. The van der Waals surface area contributed by atoms with Gasteiger partial charge in [0.25, 0.3) is 0 Å². The number of nitrogens with one attached hydrogen (secondary N) is 3. The summed E-state index contributed by atoms with van der Waals surface area (Å²) in [6, 6.07) is 5.45. The molecule has 7 heteroatoms. The minimum atomic E-state index is -0.230. The summed E-state index contributed by atoms with van der Waals surface area (Å²) in [5, 5.41) is 2.88. The number of rotatable bonds is 4. The van der Waals surface area contributed by atoms with Gasteiger partial charge in [-0.25, -0.2) is 9.59 Å². The number of hydrogen-bond acceptors (Lipinski definition) is 3. The van der Waals surface area contributed by atoms with Gasteiger partial charge in [0.2, 0.25) is 0 Å². The second-order valence-electron chi connectivity index (χ2n) is 6.28. The number of nitrogens with zero attached hydrogens (tertiary/aromatic N) is 1. The SMILES string of the molecule is CN(CC1(C)COC1)C(=O)NCc1ccc2[nH]c(=O)[nH]c2c1. The fourth-order valence-corrected chi connectivity index (χ4v) is 2.69. The molecule has 1 fully saturated rings. The van der Waals surface area contributed by atoms with Gasteiger partial charge in [0.05, 0.1) is 24.2 Å². The highest BCUT2D eigenvalue weighted by atomic mass is 16.5. The fraction of sp³-hybridized carbons (Fsp3) is 0.467. The zero-order chi connectivity index (χ0) is 15.7. The average Bonchev–Trinajstić information content (AvgIpc) is 2.82. The third kappa shape index (κ3) is 2.99. The Hall–Kier alpha value is -2.28. The molecule has 1 aromatic carbocycles. The Morgan fingerprint density at radius 2 is 2.09 bits per heavy atom. The van der Waals surface area contributed by atoms with Crippen molar-refractivity contribution in [2.75, 3.05) is 26.8 Å². The van der Waals surface area contributed by atoms with Gasteiger partial charge in [0.15, 0.2) is 0 Å². The molecule has 0 unspecified atom stereocenters. The molecule has 0 aliphatic carbocycles. The Morgan fingerprint density at radius 1 is 1.36 bits per heavy atom. The lowest BCUT2D eigenvalue weighted by molar-refractivity contribution is -0.108. The molecule has 3 N–H and O–H groups in total. The summed E-state index contributed by atoms with van der Waals surface area (Å²) in [6.45, 7) is 4.59. The van der Waals surface area contributed by atoms with Crippen LogP contribution in [0.25, 0.3) is 11.0 Å². The lowest BCUT2D eigenvalue weighted by Crippen LogP contribution is -2.51. The normalized spacial score (nSPS) is 16.3. The number of benzene rings is 1. The highest BCUT2D eigenvalue weighted by Gasteiger charge is 2.35. The number of H-pyrrole nitrogens is 2. The lowest BCUT2D eigenvalue weighted by atomic mass is 9.88. The van der Waals surface area contributed by atoms with Crippen LogP contribution in [0, 0.1) is 5.41 Å². The molecule has 2 amide bonds. The number of aromatic amines is 2. The molecule has 0 bridgehead atoms. The molecule has 118 valence electrons. The topological polar surface area (TPSA) is 90.2 Å². The highest BCUT2D eigenvalue weighted by Crippen LogP contribution is 2.27. The molecule has 0 spiro atoms. The smallest absolute Gasteiger partial charge is 0.323 e. The Morgan fingerprint density at radius 3 is 2.77 bits per heavy atom. The summed E-state index contributed by atoms with van der Waals surface area (Å²) in [5.74, 6) is 0. The first-order valence-electron chi connectivity index (χ1n) is 7.23. The molecule has 0 saturated carbocycles. The molecule has 0 atom stereocenters. The molecular weight excluding hydrogens is 284 g/mol. The Labute approximate surface area is 127 Å². The number of ether oxygens (including phenoxy) is 1. The second-order valence-corrected chi connectivity index (χ2v) is 6.28. The summed E-state index contributed by atoms with van der Waals surface area (Å²) >= 11 is 0. The Balaban J connectivity index is 1.58. The maximum absolute atomic E-state index is 12.1. The molecular formula is C15H20N4O3. The van der Waals surface area contributed by atoms with Crippen LogP contribution in [-0.2, 0) is 11.3 Å². The number of urea groups is 1. The van der Waals surface area contributed by atoms with Gasteiger partial charge in [0, 0.05) is 25.6 Å². The number of amides is 2. The molecule has 22 heavy (non-hydrogen) atoms. The van der Waals surface area contributed by atoms with Crippen LogP contribution in [-0.4, -0.2) is 47.7 Å². The van der Waals surface area contributed by atoms with Crippen LogP contribution in [0.4, 0.5) is 4.79 Å². The van der Waals surface area contributed by atoms with Crippen molar-refractivity contribution < 1.29 is 9.53 Å². The molecule has 7 nitrogen and oxygen atoms in total. The third-order valence-electron chi connectivity index (χ3n) is 3.89. The number of aromatic nitrogens is 2. The van der Waals surface area contributed by atoms with Crippen LogP contribution < -0.4 is 11.0 Å². The molecule has 2 heterocycles.